The summed E-state index contributed by atoms with van der Waals surface area (Å²) in [6, 6.07) is 5.04. The van der Waals surface area contributed by atoms with Gasteiger partial charge in [0.05, 0.1) is 6.61 Å². The van der Waals surface area contributed by atoms with Gasteiger partial charge in [0.15, 0.2) is 0 Å². The van der Waals surface area contributed by atoms with E-state index >= 15 is 0 Å². The maximum Gasteiger partial charge on any atom is 0.0558 e. The van der Waals surface area contributed by atoms with E-state index in [1.807, 2.05) is 11.3 Å². The van der Waals surface area contributed by atoms with Gasteiger partial charge in [0.2, 0.25) is 0 Å². The second kappa shape index (κ2) is 6.66. The van der Waals surface area contributed by atoms with Crippen LogP contribution in [0.15, 0.2) is 12.1 Å². The predicted molar refractivity (Wildman–Crippen MR) is 77.1 cm³/mol. The molecule has 1 aromatic rings. The summed E-state index contributed by atoms with van der Waals surface area (Å²) >= 11 is 1.87. The van der Waals surface area contributed by atoms with Crippen LogP contribution < -0.4 is 0 Å². The quantitative estimate of drug-likeness (QED) is 0.884. The molecule has 0 unspecified atom stereocenters. The minimum atomic E-state index is 0.261. The molecule has 0 amide bonds. The maximum absolute atomic E-state index is 9.25. The summed E-state index contributed by atoms with van der Waals surface area (Å²) in [5.41, 5.74) is 0. The molecule has 1 aliphatic heterocycles. The van der Waals surface area contributed by atoms with Gasteiger partial charge in [-0.1, -0.05) is 0 Å². The molecule has 18 heavy (non-hydrogen) atoms. The zero-order valence-corrected chi connectivity index (χ0v) is 12.2. The zero-order chi connectivity index (χ0) is 13.0. The molecule has 1 fully saturated rings. The van der Waals surface area contributed by atoms with Crippen LogP contribution in [-0.4, -0.2) is 54.2 Å². The van der Waals surface area contributed by atoms with Crippen LogP contribution in [0.3, 0.4) is 0 Å². The summed E-state index contributed by atoms with van der Waals surface area (Å²) in [6.45, 7) is 6.56. The van der Waals surface area contributed by atoms with Crippen molar-refractivity contribution in [3.05, 3.63) is 21.9 Å². The Labute approximate surface area is 114 Å². The number of aryl methyl sites for hydroxylation is 1. The van der Waals surface area contributed by atoms with Crippen LogP contribution in [0, 0.1) is 6.92 Å². The number of rotatable bonds is 5. The Bertz CT molecular complexity index is 358. The number of aliphatic hydroxyl groups is 1. The average molecular weight is 268 g/mol. The van der Waals surface area contributed by atoms with Gasteiger partial charge in [-0.2, -0.15) is 0 Å². The van der Waals surface area contributed by atoms with E-state index in [1.54, 1.807) is 0 Å². The molecule has 3 nitrogen and oxygen atoms in total. The molecule has 0 bridgehead atoms. The molecule has 1 saturated heterocycles. The Hall–Kier alpha value is -0.420. The smallest absolute Gasteiger partial charge is 0.0558 e. The Morgan fingerprint density at radius 1 is 1.39 bits per heavy atom. The molecular weight excluding hydrogens is 244 g/mol. The third-order valence-corrected chi connectivity index (χ3v) is 4.73. The topological polar surface area (TPSA) is 26.7 Å². The third kappa shape index (κ3) is 3.79. The van der Waals surface area contributed by atoms with Crippen LogP contribution in [-0.2, 0) is 6.54 Å². The van der Waals surface area contributed by atoms with Gasteiger partial charge in [0, 0.05) is 28.9 Å². The molecule has 2 heterocycles. The van der Waals surface area contributed by atoms with E-state index < -0.39 is 0 Å². The second-order valence-electron chi connectivity index (χ2n) is 5.24. The van der Waals surface area contributed by atoms with Gasteiger partial charge in [0.25, 0.3) is 0 Å². The van der Waals surface area contributed by atoms with E-state index in [0.29, 0.717) is 6.04 Å². The van der Waals surface area contributed by atoms with Crippen molar-refractivity contribution in [3.8, 4) is 0 Å². The third-order valence-electron chi connectivity index (χ3n) is 3.75. The molecule has 0 aliphatic carbocycles. The Morgan fingerprint density at radius 2 is 2.11 bits per heavy atom. The van der Waals surface area contributed by atoms with Crippen molar-refractivity contribution >= 4 is 11.3 Å². The number of hydrogen-bond donors (Lipinski definition) is 1. The van der Waals surface area contributed by atoms with Gasteiger partial charge >= 0.3 is 0 Å². The lowest BCUT2D eigenvalue weighted by molar-refractivity contribution is 0.0949. The predicted octanol–water partition coefficient (Wildman–Crippen LogP) is 1.95. The minimum absolute atomic E-state index is 0.261. The molecule has 1 aliphatic rings. The van der Waals surface area contributed by atoms with Crippen LogP contribution in [0.4, 0.5) is 0 Å². The van der Waals surface area contributed by atoms with E-state index in [9.17, 15) is 5.11 Å². The van der Waals surface area contributed by atoms with E-state index in [4.69, 9.17) is 0 Å². The van der Waals surface area contributed by atoms with Crippen molar-refractivity contribution in [2.75, 3.05) is 33.3 Å². The summed E-state index contributed by atoms with van der Waals surface area (Å²) in [5.74, 6) is 0. The highest BCUT2D eigenvalue weighted by molar-refractivity contribution is 7.11. The van der Waals surface area contributed by atoms with Crippen molar-refractivity contribution in [2.24, 2.45) is 0 Å². The normalized spacial score (nSPS) is 18.7. The molecule has 1 N–H and O–H groups in total. The lowest BCUT2D eigenvalue weighted by Gasteiger charge is -2.36. The highest BCUT2D eigenvalue weighted by atomic mass is 32.1. The lowest BCUT2D eigenvalue weighted by atomic mass is 10.0. The second-order valence-corrected chi connectivity index (χ2v) is 6.61. The van der Waals surface area contributed by atoms with E-state index in [0.717, 1.165) is 13.1 Å². The van der Waals surface area contributed by atoms with Crippen LogP contribution in [0.1, 0.15) is 22.6 Å². The van der Waals surface area contributed by atoms with Crippen molar-refractivity contribution in [1.82, 2.24) is 9.80 Å². The van der Waals surface area contributed by atoms with Crippen molar-refractivity contribution in [3.63, 3.8) is 0 Å². The van der Waals surface area contributed by atoms with E-state index in [-0.39, 0.29) is 6.61 Å². The fourth-order valence-corrected chi connectivity index (χ4v) is 3.57. The Morgan fingerprint density at radius 3 is 2.67 bits per heavy atom. The largest absolute Gasteiger partial charge is 0.395 e. The molecule has 0 radical (unpaired) electrons. The molecule has 4 heteroatoms. The summed E-state index contributed by atoms with van der Waals surface area (Å²) < 4.78 is 0. The van der Waals surface area contributed by atoms with Gasteiger partial charge < -0.3 is 10.0 Å². The van der Waals surface area contributed by atoms with Crippen molar-refractivity contribution < 1.29 is 5.11 Å². The van der Waals surface area contributed by atoms with Gasteiger partial charge in [-0.15, -0.1) is 11.3 Å². The molecule has 0 aromatic carbocycles. The number of piperidine rings is 1. The summed E-state index contributed by atoms with van der Waals surface area (Å²) in [4.78, 5) is 7.64. The molecule has 0 saturated carbocycles. The lowest BCUT2D eigenvalue weighted by Crippen LogP contribution is -2.44. The fraction of sp³-hybridized carbons (Fsp3) is 0.714. The first-order chi connectivity index (χ1) is 8.69. The minimum Gasteiger partial charge on any atom is -0.395 e. The first kappa shape index (κ1) is 14.0. The van der Waals surface area contributed by atoms with Gasteiger partial charge in [-0.05, 0) is 52.0 Å². The summed E-state index contributed by atoms with van der Waals surface area (Å²) in [5, 5.41) is 9.25. The monoisotopic (exact) mass is 268 g/mol. The SMILES string of the molecule is Cc1ccc(CN(CCO)C2CCN(C)CC2)s1. The van der Waals surface area contributed by atoms with Gasteiger partial charge in [-0.3, -0.25) is 4.90 Å². The van der Waals surface area contributed by atoms with Crippen molar-refractivity contribution in [1.29, 1.82) is 0 Å². The summed E-state index contributed by atoms with van der Waals surface area (Å²) in [6.07, 6.45) is 2.45. The molecule has 1 aromatic heterocycles. The standard InChI is InChI=1S/C14H24N2OS/c1-12-3-4-14(18-12)11-16(9-10-17)13-5-7-15(2)8-6-13/h3-4,13,17H,5-11H2,1-2H3. The number of likely N-dealkylation sites (tertiary alicyclic amines) is 1. The first-order valence-electron chi connectivity index (χ1n) is 6.78. The Kier molecular flexibility index (Phi) is 5.18. The first-order valence-corrected chi connectivity index (χ1v) is 7.59. The highest BCUT2D eigenvalue weighted by Gasteiger charge is 2.23. The zero-order valence-electron chi connectivity index (χ0n) is 11.4. The van der Waals surface area contributed by atoms with E-state index in [2.05, 4.69) is 35.9 Å². The Balaban J connectivity index is 1.94. The van der Waals surface area contributed by atoms with E-state index in [1.165, 1.54) is 35.7 Å². The van der Waals surface area contributed by atoms with Gasteiger partial charge in [0.1, 0.15) is 0 Å². The number of aliphatic hydroxyl groups excluding tert-OH is 1. The average Bonchev–Trinajstić information content (AvgIpc) is 2.75. The van der Waals surface area contributed by atoms with Crippen LogP contribution in [0.25, 0.3) is 0 Å². The number of hydrogen-bond acceptors (Lipinski definition) is 4. The molecule has 102 valence electrons. The molecule has 0 spiro atoms. The van der Waals surface area contributed by atoms with Crippen LogP contribution in [0.5, 0.6) is 0 Å². The summed E-state index contributed by atoms with van der Waals surface area (Å²) in [7, 11) is 2.19. The van der Waals surface area contributed by atoms with Gasteiger partial charge in [-0.25, -0.2) is 0 Å². The number of nitrogens with zero attached hydrogens (tertiary/aromatic N) is 2. The fourth-order valence-electron chi connectivity index (χ4n) is 2.65. The maximum atomic E-state index is 9.25. The molecule has 2 rings (SSSR count). The highest BCUT2D eigenvalue weighted by Crippen LogP contribution is 2.22. The molecular formula is C14H24N2OS. The molecule has 0 atom stereocenters. The van der Waals surface area contributed by atoms with Crippen LogP contribution in [0.2, 0.25) is 0 Å². The van der Waals surface area contributed by atoms with Crippen LogP contribution >= 0.6 is 11.3 Å². The van der Waals surface area contributed by atoms with Crippen molar-refractivity contribution in [2.45, 2.75) is 32.4 Å². The number of thiophene rings is 1.